The lowest BCUT2D eigenvalue weighted by Gasteiger charge is -2.14. The summed E-state index contributed by atoms with van der Waals surface area (Å²) in [5, 5.41) is 9.74. The summed E-state index contributed by atoms with van der Waals surface area (Å²) in [7, 11) is 1.41. The summed E-state index contributed by atoms with van der Waals surface area (Å²) >= 11 is 4.09. The highest BCUT2D eigenvalue weighted by Gasteiger charge is 2.10. The molecule has 1 unspecified atom stereocenters. The summed E-state index contributed by atoms with van der Waals surface area (Å²) < 4.78 is 0. The number of aliphatic hydroxyl groups excluding tert-OH is 1. The molecule has 1 N–H and O–H groups in total. The van der Waals surface area contributed by atoms with E-state index in [-0.39, 0.29) is 12.0 Å². The first-order chi connectivity index (χ1) is 6.15. The molecule has 0 saturated heterocycles. The van der Waals surface area contributed by atoms with Crippen molar-refractivity contribution in [2.24, 2.45) is 5.92 Å². The number of hydrogen-bond donors (Lipinski definition) is 2. The molecular weight excluding hydrogens is 200 g/mol. The van der Waals surface area contributed by atoms with Gasteiger partial charge >= 0.3 is 0 Å². The van der Waals surface area contributed by atoms with Gasteiger partial charge in [0.15, 0.2) is 0 Å². The van der Waals surface area contributed by atoms with Crippen LogP contribution in [-0.4, -0.2) is 5.11 Å². The van der Waals surface area contributed by atoms with Gasteiger partial charge in [0.05, 0.1) is 6.10 Å². The van der Waals surface area contributed by atoms with Gasteiger partial charge < -0.3 is 5.11 Å². The van der Waals surface area contributed by atoms with Gasteiger partial charge in [-0.3, -0.25) is 0 Å². The molecule has 0 fully saturated rings. The fourth-order valence-corrected chi connectivity index (χ4v) is 1.73. The lowest BCUT2D eigenvalue weighted by molar-refractivity contribution is 0.127. The van der Waals surface area contributed by atoms with Crippen molar-refractivity contribution in [2.75, 3.05) is 0 Å². The third kappa shape index (κ3) is 2.93. The van der Waals surface area contributed by atoms with E-state index in [0.29, 0.717) is 0 Å². The van der Waals surface area contributed by atoms with Crippen LogP contribution in [0.2, 0.25) is 0 Å². The Labute approximate surface area is 88.4 Å². The normalized spacial score (nSPS) is 13.3. The van der Waals surface area contributed by atoms with Crippen molar-refractivity contribution in [3.8, 4) is 0 Å². The quantitative estimate of drug-likeness (QED) is 0.594. The summed E-state index contributed by atoms with van der Waals surface area (Å²) in [6.07, 6.45) is -0.362. The summed E-state index contributed by atoms with van der Waals surface area (Å²) in [6.45, 7) is 4.01. The van der Waals surface area contributed by atoms with Crippen molar-refractivity contribution in [1.29, 1.82) is 0 Å². The molecule has 0 spiro atoms. The van der Waals surface area contributed by atoms with Gasteiger partial charge in [0, 0.05) is 4.90 Å². The van der Waals surface area contributed by atoms with Crippen LogP contribution < -0.4 is 0 Å². The average molecular weight is 214 g/mol. The molecule has 0 saturated carbocycles. The van der Waals surface area contributed by atoms with Crippen LogP contribution in [0, 0.1) is 5.92 Å². The second kappa shape index (κ2) is 4.94. The highest BCUT2D eigenvalue weighted by Crippen LogP contribution is 2.25. The number of rotatable bonds is 3. The third-order valence-corrected chi connectivity index (χ3v) is 3.07. The minimum atomic E-state index is -0.362. The van der Waals surface area contributed by atoms with Crippen molar-refractivity contribution in [3.05, 3.63) is 29.8 Å². The zero-order valence-electron chi connectivity index (χ0n) is 7.77. The van der Waals surface area contributed by atoms with Crippen molar-refractivity contribution < 1.29 is 5.11 Å². The predicted octanol–water partition coefficient (Wildman–Crippen LogP) is 3.31. The van der Waals surface area contributed by atoms with Gasteiger partial charge in [0.25, 0.3) is 0 Å². The van der Waals surface area contributed by atoms with E-state index < -0.39 is 0 Å². The van der Waals surface area contributed by atoms with Gasteiger partial charge in [0.1, 0.15) is 0 Å². The molecule has 0 radical (unpaired) electrons. The van der Waals surface area contributed by atoms with Crippen LogP contribution in [-0.2, 0) is 0 Å². The van der Waals surface area contributed by atoms with E-state index >= 15 is 0 Å². The lowest BCUT2D eigenvalue weighted by atomic mass is 9.99. The maximum Gasteiger partial charge on any atom is 0.0812 e. The number of hydrogen-bond acceptors (Lipinski definition) is 3. The van der Waals surface area contributed by atoms with E-state index in [4.69, 9.17) is 0 Å². The van der Waals surface area contributed by atoms with Crippen molar-refractivity contribution >= 4 is 22.5 Å². The molecule has 1 aromatic rings. The first kappa shape index (κ1) is 11.0. The number of thiol groups is 1. The van der Waals surface area contributed by atoms with E-state index in [9.17, 15) is 5.11 Å². The Morgan fingerprint density at radius 2 is 1.77 bits per heavy atom. The van der Waals surface area contributed by atoms with Gasteiger partial charge in [-0.1, -0.05) is 36.8 Å². The average Bonchev–Trinajstić information content (AvgIpc) is 2.17. The molecule has 0 aliphatic rings. The Kier molecular flexibility index (Phi) is 4.16. The lowest BCUT2D eigenvalue weighted by Crippen LogP contribution is -2.04. The smallest absolute Gasteiger partial charge is 0.0812 e. The largest absolute Gasteiger partial charge is 0.388 e. The second-order valence-corrected chi connectivity index (χ2v) is 4.55. The topological polar surface area (TPSA) is 20.2 Å². The Bertz CT molecular complexity index is 256. The van der Waals surface area contributed by atoms with Gasteiger partial charge in [-0.25, -0.2) is 0 Å². The fraction of sp³-hybridized carbons (Fsp3) is 0.400. The van der Waals surface area contributed by atoms with E-state index in [1.807, 2.05) is 38.1 Å². The molecule has 3 heteroatoms. The molecule has 0 aliphatic heterocycles. The Morgan fingerprint density at radius 3 is 2.15 bits per heavy atom. The Hall–Kier alpha value is -0.120. The molecule has 72 valence electrons. The fourth-order valence-electron chi connectivity index (χ4n) is 1.11. The van der Waals surface area contributed by atoms with E-state index in [1.165, 1.54) is 10.8 Å². The van der Waals surface area contributed by atoms with Crippen LogP contribution >= 0.6 is 22.5 Å². The molecule has 0 aliphatic carbocycles. The van der Waals surface area contributed by atoms with Crippen LogP contribution in [0.4, 0.5) is 0 Å². The number of aliphatic hydroxyl groups is 1. The molecule has 0 bridgehead atoms. The highest BCUT2D eigenvalue weighted by molar-refractivity contribution is 8.68. The van der Waals surface area contributed by atoms with Gasteiger partial charge in [0.2, 0.25) is 0 Å². The molecule has 0 amide bonds. The van der Waals surface area contributed by atoms with E-state index in [1.54, 1.807) is 0 Å². The van der Waals surface area contributed by atoms with E-state index in [0.717, 1.165) is 10.5 Å². The van der Waals surface area contributed by atoms with Crippen molar-refractivity contribution in [1.82, 2.24) is 0 Å². The van der Waals surface area contributed by atoms with E-state index in [2.05, 4.69) is 11.7 Å². The zero-order chi connectivity index (χ0) is 9.84. The summed E-state index contributed by atoms with van der Waals surface area (Å²) in [6, 6.07) is 7.84. The molecule has 1 atom stereocenters. The minimum absolute atomic E-state index is 0.259. The van der Waals surface area contributed by atoms with Crippen LogP contribution in [0.15, 0.2) is 29.2 Å². The van der Waals surface area contributed by atoms with Crippen LogP contribution in [0.25, 0.3) is 0 Å². The van der Waals surface area contributed by atoms with Gasteiger partial charge in [-0.05, 0) is 23.6 Å². The van der Waals surface area contributed by atoms with Crippen LogP contribution in [0.3, 0.4) is 0 Å². The van der Waals surface area contributed by atoms with Crippen LogP contribution in [0.1, 0.15) is 25.5 Å². The minimum Gasteiger partial charge on any atom is -0.388 e. The van der Waals surface area contributed by atoms with Crippen LogP contribution in [0.5, 0.6) is 0 Å². The molecular formula is C10H14OS2. The predicted molar refractivity (Wildman–Crippen MR) is 61.1 cm³/mol. The SMILES string of the molecule is CC(C)C(O)c1ccc(SS)cc1. The van der Waals surface area contributed by atoms with Gasteiger partial charge in [-0.15, -0.1) is 11.7 Å². The first-order valence-corrected chi connectivity index (χ1v) is 6.11. The molecule has 13 heavy (non-hydrogen) atoms. The standard InChI is InChI=1S/C10H14OS2/c1-7(2)10(11)8-3-5-9(13-12)6-4-8/h3-7,10-12H,1-2H3. The molecule has 1 aromatic carbocycles. The first-order valence-electron chi connectivity index (χ1n) is 4.24. The molecule has 1 rings (SSSR count). The molecule has 0 heterocycles. The highest BCUT2D eigenvalue weighted by atomic mass is 33.1. The molecule has 0 aromatic heterocycles. The number of benzene rings is 1. The zero-order valence-corrected chi connectivity index (χ0v) is 9.48. The Morgan fingerprint density at radius 1 is 1.23 bits per heavy atom. The maximum atomic E-state index is 9.74. The van der Waals surface area contributed by atoms with Crippen molar-refractivity contribution in [3.63, 3.8) is 0 Å². The van der Waals surface area contributed by atoms with Gasteiger partial charge in [-0.2, -0.15) is 0 Å². The van der Waals surface area contributed by atoms with Crippen molar-refractivity contribution in [2.45, 2.75) is 24.8 Å². The Balaban J connectivity index is 2.79. The summed E-state index contributed by atoms with van der Waals surface area (Å²) in [4.78, 5) is 1.10. The summed E-state index contributed by atoms with van der Waals surface area (Å²) in [5.41, 5.74) is 0.973. The monoisotopic (exact) mass is 214 g/mol. The second-order valence-electron chi connectivity index (χ2n) is 3.35. The maximum absolute atomic E-state index is 9.74. The third-order valence-electron chi connectivity index (χ3n) is 1.96. The summed E-state index contributed by atoms with van der Waals surface area (Å²) in [5.74, 6) is 0.259. The molecule has 1 nitrogen and oxygen atoms in total.